The van der Waals surface area contributed by atoms with Crippen molar-refractivity contribution in [2.24, 2.45) is 0 Å². The van der Waals surface area contributed by atoms with E-state index in [1.807, 2.05) is 42.5 Å². The van der Waals surface area contributed by atoms with Crippen molar-refractivity contribution in [1.29, 1.82) is 0 Å². The van der Waals surface area contributed by atoms with Crippen LogP contribution in [0.4, 0.5) is 11.5 Å². The van der Waals surface area contributed by atoms with Gasteiger partial charge in [-0.25, -0.2) is 4.98 Å². The maximum atomic E-state index is 6.11. The summed E-state index contributed by atoms with van der Waals surface area (Å²) < 4.78 is 0. The third kappa shape index (κ3) is 2.10. The van der Waals surface area contributed by atoms with Gasteiger partial charge in [-0.05, 0) is 17.2 Å². The molecule has 94 valence electrons. The molecule has 3 heteroatoms. The van der Waals surface area contributed by atoms with E-state index in [0.29, 0.717) is 11.5 Å². The minimum absolute atomic E-state index is 0.407. The van der Waals surface area contributed by atoms with E-state index in [2.05, 4.69) is 17.1 Å². The number of rotatable bonds is 2. The van der Waals surface area contributed by atoms with E-state index >= 15 is 0 Å². The van der Waals surface area contributed by atoms with Crippen LogP contribution in [-0.2, 0) is 6.42 Å². The maximum absolute atomic E-state index is 6.11. The van der Waals surface area contributed by atoms with Crippen molar-refractivity contribution in [3.05, 3.63) is 65.7 Å². The first-order valence-electron chi connectivity index (χ1n) is 6.22. The molecule has 1 heterocycles. The van der Waals surface area contributed by atoms with Gasteiger partial charge in [0.15, 0.2) is 0 Å². The molecule has 3 nitrogen and oxygen atoms in total. The number of hydrogen-bond acceptors (Lipinski definition) is 3. The highest BCUT2D eigenvalue weighted by molar-refractivity contribution is 5.90. The topological polar surface area (TPSA) is 64.9 Å². The highest BCUT2D eigenvalue weighted by atomic mass is 14.9. The largest absolute Gasteiger partial charge is 0.395 e. The molecule has 19 heavy (non-hydrogen) atoms. The quantitative estimate of drug-likeness (QED) is 0.733. The summed E-state index contributed by atoms with van der Waals surface area (Å²) in [6, 6.07) is 18.2. The molecule has 0 unspecified atom stereocenters. The lowest BCUT2D eigenvalue weighted by molar-refractivity contribution is 1.20. The third-order valence-electron chi connectivity index (χ3n) is 3.29. The van der Waals surface area contributed by atoms with Crippen LogP contribution in [0, 0.1) is 0 Å². The summed E-state index contributed by atoms with van der Waals surface area (Å²) in [5.41, 5.74) is 15.8. The molecule has 0 fully saturated rings. The monoisotopic (exact) mass is 249 g/mol. The third-order valence-corrected chi connectivity index (χ3v) is 3.29. The fourth-order valence-electron chi connectivity index (χ4n) is 2.31. The maximum Gasteiger partial charge on any atom is 0.147 e. The zero-order valence-electron chi connectivity index (χ0n) is 10.5. The minimum Gasteiger partial charge on any atom is -0.395 e. The van der Waals surface area contributed by atoms with Crippen molar-refractivity contribution in [3.63, 3.8) is 0 Å². The molecule has 3 rings (SSSR count). The van der Waals surface area contributed by atoms with Crippen molar-refractivity contribution in [2.75, 3.05) is 11.5 Å². The summed E-state index contributed by atoms with van der Waals surface area (Å²) in [4.78, 5) is 4.33. The second-order valence-corrected chi connectivity index (χ2v) is 4.57. The Kier molecular flexibility index (Phi) is 2.80. The van der Waals surface area contributed by atoms with Gasteiger partial charge in [0.2, 0.25) is 0 Å². The summed E-state index contributed by atoms with van der Waals surface area (Å²) >= 11 is 0. The molecule has 0 aliphatic heterocycles. The molecular weight excluding hydrogens is 234 g/mol. The van der Waals surface area contributed by atoms with Gasteiger partial charge in [0.25, 0.3) is 0 Å². The molecule has 0 aliphatic carbocycles. The van der Waals surface area contributed by atoms with Crippen LogP contribution in [0.25, 0.3) is 10.9 Å². The molecule has 1 aromatic heterocycles. The Morgan fingerprint density at radius 3 is 2.32 bits per heavy atom. The first-order chi connectivity index (χ1) is 9.25. The van der Waals surface area contributed by atoms with Gasteiger partial charge in [-0.15, -0.1) is 0 Å². The van der Waals surface area contributed by atoms with Gasteiger partial charge in [0.1, 0.15) is 5.82 Å². The normalized spacial score (nSPS) is 10.7. The summed E-state index contributed by atoms with van der Waals surface area (Å²) in [6.45, 7) is 0. The zero-order chi connectivity index (χ0) is 13.2. The summed E-state index contributed by atoms with van der Waals surface area (Å²) in [6.07, 6.45) is 0.764. The van der Waals surface area contributed by atoms with E-state index in [1.165, 1.54) is 5.56 Å². The standard InChI is InChI=1S/C16H15N3/c17-15-13(10-11-6-2-1-3-7-11)12-8-4-5-9-14(12)19-16(15)18/h1-9H,10,17H2,(H2,18,19). The van der Waals surface area contributed by atoms with Crippen LogP contribution in [-0.4, -0.2) is 4.98 Å². The van der Waals surface area contributed by atoms with Crippen LogP contribution in [0.1, 0.15) is 11.1 Å². The van der Waals surface area contributed by atoms with E-state index in [-0.39, 0.29) is 0 Å². The molecule has 0 saturated carbocycles. The van der Waals surface area contributed by atoms with Crippen LogP contribution >= 0.6 is 0 Å². The molecule has 4 N–H and O–H groups in total. The number of fused-ring (bicyclic) bond motifs is 1. The number of anilines is 2. The number of nitrogens with two attached hydrogens (primary N) is 2. The number of nitrogen functional groups attached to an aromatic ring is 2. The molecule has 0 aliphatic rings. The lowest BCUT2D eigenvalue weighted by Crippen LogP contribution is -2.04. The summed E-state index contributed by atoms with van der Waals surface area (Å²) in [7, 11) is 0. The van der Waals surface area contributed by atoms with Crippen molar-refractivity contribution >= 4 is 22.4 Å². The molecule has 0 radical (unpaired) electrons. The van der Waals surface area contributed by atoms with Crippen molar-refractivity contribution < 1.29 is 0 Å². The van der Waals surface area contributed by atoms with Gasteiger partial charge < -0.3 is 11.5 Å². The van der Waals surface area contributed by atoms with E-state index in [1.54, 1.807) is 0 Å². The van der Waals surface area contributed by atoms with Gasteiger partial charge >= 0.3 is 0 Å². The zero-order valence-corrected chi connectivity index (χ0v) is 10.5. The average molecular weight is 249 g/mol. The first-order valence-corrected chi connectivity index (χ1v) is 6.22. The number of pyridine rings is 1. The molecule has 3 aromatic rings. The van der Waals surface area contributed by atoms with Gasteiger partial charge in [-0.3, -0.25) is 0 Å². The smallest absolute Gasteiger partial charge is 0.147 e. The Labute approximate surface area is 111 Å². The number of para-hydroxylation sites is 1. The van der Waals surface area contributed by atoms with E-state index < -0.39 is 0 Å². The van der Waals surface area contributed by atoms with Crippen molar-refractivity contribution in [2.45, 2.75) is 6.42 Å². The molecular formula is C16H15N3. The Balaban J connectivity index is 2.19. The highest BCUT2D eigenvalue weighted by Crippen LogP contribution is 2.29. The fraction of sp³-hybridized carbons (Fsp3) is 0.0625. The lowest BCUT2D eigenvalue weighted by atomic mass is 9.99. The lowest BCUT2D eigenvalue weighted by Gasteiger charge is -2.12. The molecule has 0 bridgehead atoms. The van der Waals surface area contributed by atoms with Gasteiger partial charge in [0.05, 0.1) is 11.2 Å². The number of nitrogens with zero attached hydrogens (tertiary/aromatic N) is 1. The number of hydrogen-bond donors (Lipinski definition) is 2. The van der Waals surface area contributed by atoms with Crippen molar-refractivity contribution in [1.82, 2.24) is 4.98 Å². The predicted molar refractivity (Wildman–Crippen MR) is 79.8 cm³/mol. The van der Waals surface area contributed by atoms with Crippen LogP contribution in [0.3, 0.4) is 0 Å². The Morgan fingerprint density at radius 2 is 1.53 bits per heavy atom. The first kappa shape index (κ1) is 11.5. The van der Waals surface area contributed by atoms with Crippen LogP contribution in [0.2, 0.25) is 0 Å². The van der Waals surface area contributed by atoms with E-state index in [4.69, 9.17) is 11.5 Å². The van der Waals surface area contributed by atoms with Crippen LogP contribution in [0.15, 0.2) is 54.6 Å². The van der Waals surface area contributed by atoms with Gasteiger partial charge in [-0.2, -0.15) is 0 Å². The number of benzene rings is 2. The van der Waals surface area contributed by atoms with Gasteiger partial charge in [-0.1, -0.05) is 48.5 Å². The minimum atomic E-state index is 0.407. The summed E-state index contributed by atoms with van der Waals surface area (Å²) in [5, 5.41) is 1.07. The molecule has 0 atom stereocenters. The van der Waals surface area contributed by atoms with Crippen molar-refractivity contribution in [3.8, 4) is 0 Å². The Hall–Kier alpha value is -2.55. The highest BCUT2D eigenvalue weighted by Gasteiger charge is 2.10. The number of aromatic nitrogens is 1. The predicted octanol–water partition coefficient (Wildman–Crippen LogP) is 2.99. The molecule has 0 spiro atoms. The van der Waals surface area contributed by atoms with Gasteiger partial charge in [0, 0.05) is 11.8 Å². The molecule has 0 amide bonds. The molecule has 0 saturated heterocycles. The van der Waals surface area contributed by atoms with E-state index in [0.717, 1.165) is 22.9 Å². The molecule has 2 aromatic carbocycles. The second-order valence-electron chi connectivity index (χ2n) is 4.57. The van der Waals surface area contributed by atoms with E-state index in [9.17, 15) is 0 Å². The summed E-state index contributed by atoms with van der Waals surface area (Å²) in [5.74, 6) is 0.407. The van der Waals surface area contributed by atoms with Crippen LogP contribution in [0.5, 0.6) is 0 Å². The second kappa shape index (κ2) is 4.61. The SMILES string of the molecule is Nc1nc2ccccc2c(Cc2ccccc2)c1N. The Bertz CT molecular complexity index is 721. The average Bonchev–Trinajstić information content (AvgIpc) is 2.45. The fourth-order valence-corrected chi connectivity index (χ4v) is 2.31. The van der Waals surface area contributed by atoms with Crippen LogP contribution < -0.4 is 11.5 Å². The Morgan fingerprint density at radius 1 is 0.842 bits per heavy atom.